The Balaban J connectivity index is 2.38. The number of hydrogen-bond acceptors (Lipinski definition) is 5. The van der Waals surface area contributed by atoms with Crippen molar-refractivity contribution in [1.29, 1.82) is 5.26 Å². The van der Waals surface area contributed by atoms with E-state index in [0.29, 0.717) is 5.69 Å². The topological polar surface area (TPSA) is 136 Å². The fourth-order valence-electron chi connectivity index (χ4n) is 1.69. The fraction of sp³-hybridized carbons (Fsp3) is 0.0833. The standard InChI is InChI=1S/C12H10N4O4S/c1-7-11(12(17)18)10(6-14-7)16-21(19,20)9-3-2-8(4-13)15-5-9/h2-3,5-6,14,16H,1H3,(H,17,18). The molecule has 0 aliphatic rings. The second kappa shape index (κ2) is 5.26. The minimum atomic E-state index is -3.99. The van der Waals surface area contributed by atoms with E-state index in [4.69, 9.17) is 10.4 Å². The molecule has 2 rings (SSSR count). The first-order valence-corrected chi connectivity index (χ1v) is 7.13. The van der Waals surface area contributed by atoms with Crippen LogP contribution in [0.5, 0.6) is 0 Å². The summed E-state index contributed by atoms with van der Waals surface area (Å²) in [6, 6.07) is 4.25. The Kier molecular flexibility index (Phi) is 3.64. The molecule has 2 aromatic heterocycles. The van der Waals surface area contributed by atoms with Crippen molar-refractivity contribution in [3.8, 4) is 6.07 Å². The van der Waals surface area contributed by atoms with E-state index in [1.165, 1.54) is 25.3 Å². The van der Waals surface area contributed by atoms with Gasteiger partial charge in [0, 0.05) is 18.1 Å². The van der Waals surface area contributed by atoms with E-state index in [1.54, 1.807) is 6.07 Å². The van der Waals surface area contributed by atoms with Gasteiger partial charge in [-0.05, 0) is 19.1 Å². The van der Waals surface area contributed by atoms with Gasteiger partial charge in [0.2, 0.25) is 0 Å². The number of aromatic carboxylic acids is 1. The number of nitrogens with one attached hydrogen (secondary N) is 2. The van der Waals surface area contributed by atoms with Gasteiger partial charge in [-0.2, -0.15) is 5.26 Å². The SMILES string of the molecule is Cc1[nH]cc(NS(=O)(=O)c2ccc(C#N)nc2)c1C(=O)O. The molecule has 0 aliphatic carbocycles. The lowest BCUT2D eigenvalue weighted by atomic mass is 10.2. The third kappa shape index (κ3) is 2.85. The molecule has 2 aromatic rings. The van der Waals surface area contributed by atoms with Gasteiger partial charge in [-0.25, -0.2) is 18.2 Å². The number of nitriles is 1. The number of aromatic nitrogens is 2. The molecule has 3 N–H and O–H groups in total. The number of aryl methyl sites for hydroxylation is 1. The average molecular weight is 306 g/mol. The van der Waals surface area contributed by atoms with E-state index in [1.807, 2.05) is 0 Å². The van der Waals surface area contributed by atoms with Crippen molar-refractivity contribution >= 4 is 21.7 Å². The summed E-state index contributed by atoms with van der Waals surface area (Å²) in [6.45, 7) is 1.52. The molecular weight excluding hydrogens is 296 g/mol. The maximum atomic E-state index is 12.1. The number of carbonyl (C=O) groups is 1. The number of pyridine rings is 1. The molecule has 0 fully saturated rings. The fourth-order valence-corrected chi connectivity index (χ4v) is 2.70. The molecule has 21 heavy (non-hydrogen) atoms. The lowest BCUT2D eigenvalue weighted by Crippen LogP contribution is -2.15. The number of sulfonamides is 1. The predicted octanol–water partition coefficient (Wildman–Crippen LogP) is 1.09. The number of carboxylic acids is 1. The molecule has 108 valence electrons. The maximum absolute atomic E-state index is 12.1. The first kappa shape index (κ1) is 14.5. The Labute approximate surface area is 120 Å². The van der Waals surface area contributed by atoms with E-state index in [-0.39, 0.29) is 21.8 Å². The summed E-state index contributed by atoms with van der Waals surface area (Å²) in [5, 5.41) is 17.7. The van der Waals surface area contributed by atoms with Crippen LogP contribution < -0.4 is 4.72 Å². The summed E-state index contributed by atoms with van der Waals surface area (Å²) in [7, 11) is -3.99. The van der Waals surface area contributed by atoms with Crippen LogP contribution in [0, 0.1) is 18.3 Å². The van der Waals surface area contributed by atoms with Crippen molar-refractivity contribution < 1.29 is 18.3 Å². The van der Waals surface area contributed by atoms with E-state index in [0.717, 1.165) is 6.20 Å². The van der Waals surface area contributed by atoms with Crippen LogP contribution in [0.25, 0.3) is 0 Å². The third-order valence-corrected chi connectivity index (χ3v) is 4.05. The Hall–Kier alpha value is -2.86. The number of nitrogens with zero attached hydrogens (tertiary/aromatic N) is 2. The van der Waals surface area contributed by atoms with Gasteiger partial charge in [0.1, 0.15) is 22.2 Å². The van der Waals surface area contributed by atoms with Gasteiger partial charge in [0.25, 0.3) is 10.0 Å². The lowest BCUT2D eigenvalue weighted by Gasteiger charge is -2.07. The van der Waals surface area contributed by atoms with Crippen molar-refractivity contribution in [2.75, 3.05) is 4.72 Å². The Morgan fingerprint density at radius 3 is 2.71 bits per heavy atom. The number of carboxylic acid groups (broad SMARTS) is 1. The molecule has 0 saturated carbocycles. The highest BCUT2D eigenvalue weighted by Gasteiger charge is 2.21. The highest BCUT2D eigenvalue weighted by molar-refractivity contribution is 7.92. The molecule has 0 radical (unpaired) electrons. The highest BCUT2D eigenvalue weighted by Crippen LogP contribution is 2.22. The van der Waals surface area contributed by atoms with Crippen LogP contribution >= 0.6 is 0 Å². The zero-order valence-corrected chi connectivity index (χ0v) is 11.6. The number of aromatic amines is 1. The third-order valence-electron chi connectivity index (χ3n) is 2.70. The van der Waals surface area contributed by atoms with Gasteiger partial charge in [0.15, 0.2) is 0 Å². The van der Waals surface area contributed by atoms with Crippen LogP contribution in [-0.2, 0) is 10.0 Å². The Morgan fingerprint density at radius 1 is 1.48 bits per heavy atom. The van der Waals surface area contributed by atoms with Crippen molar-refractivity contribution in [2.24, 2.45) is 0 Å². The summed E-state index contributed by atoms with van der Waals surface area (Å²) in [5.41, 5.74) is 0.195. The van der Waals surface area contributed by atoms with Gasteiger partial charge in [-0.1, -0.05) is 0 Å². The monoisotopic (exact) mass is 306 g/mol. The normalized spacial score (nSPS) is 10.9. The highest BCUT2D eigenvalue weighted by atomic mass is 32.2. The zero-order chi connectivity index (χ0) is 15.6. The number of H-pyrrole nitrogens is 1. The van der Waals surface area contributed by atoms with Crippen LogP contribution in [0.3, 0.4) is 0 Å². The Bertz CT molecular complexity index is 831. The number of anilines is 1. The van der Waals surface area contributed by atoms with Gasteiger partial charge in [-0.3, -0.25) is 4.72 Å². The molecular formula is C12H10N4O4S. The zero-order valence-electron chi connectivity index (χ0n) is 10.8. The molecule has 8 nitrogen and oxygen atoms in total. The van der Waals surface area contributed by atoms with Crippen LogP contribution in [0.2, 0.25) is 0 Å². The number of hydrogen-bond donors (Lipinski definition) is 3. The minimum absolute atomic E-state index is 0.0654. The number of rotatable bonds is 4. The predicted molar refractivity (Wildman–Crippen MR) is 72.2 cm³/mol. The van der Waals surface area contributed by atoms with Gasteiger partial charge >= 0.3 is 5.97 Å². The van der Waals surface area contributed by atoms with Gasteiger partial charge in [-0.15, -0.1) is 0 Å². The Morgan fingerprint density at radius 2 is 2.19 bits per heavy atom. The minimum Gasteiger partial charge on any atom is -0.478 e. The molecule has 0 bridgehead atoms. The van der Waals surface area contributed by atoms with Crippen molar-refractivity contribution in [3.63, 3.8) is 0 Å². The molecule has 0 saturated heterocycles. The second-order valence-electron chi connectivity index (χ2n) is 4.10. The van der Waals surface area contributed by atoms with Crippen molar-refractivity contribution in [2.45, 2.75) is 11.8 Å². The molecule has 0 amide bonds. The van der Waals surface area contributed by atoms with Gasteiger partial charge in [0.05, 0.1) is 5.69 Å². The quantitative estimate of drug-likeness (QED) is 0.773. The van der Waals surface area contributed by atoms with E-state index in [2.05, 4.69) is 14.7 Å². The lowest BCUT2D eigenvalue weighted by molar-refractivity contribution is 0.0697. The summed E-state index contributed by atoms with van der Waals surface area (Å²) in [6.07, 6.45) is 2.29. The molecule has 0 unspecified atom stereocenters. The molecule has 2 heterocycles. The van der Waals surface area contributed by atoms with Crippen LogP contribution in [0.4, 0.5) is 5.69 Å². The summed E-state index contributed by atoms with van der Waals surface area (Å²) >= 11 is 0. The summed E-state index contributed by atoms with van der Waals surface area (Å²) < 4.78 is 26.5. The van der Waals surface area contributed by atoms with E-state index < -0.39 is 16.0 Å². The van der Waals surface area contributed by atoms with E-state index >= 15 is 0 Å². The van der Waals surface area contributed by atoms with Crippen LogP contribution in [0.1, 0.15) is 21.7 Å². The molecule has 0 aromatic carbocycles. The van der Waals surface area contributed by atoms with Crippen molar-refractivity contribution in [1.82, 2.24) is 9.97 Å². The molecule has 0 aliphatic heterocycles. The van der Waals surface area contributed by atoms with E-state index in [9.17, 15) is 13.2 Å². The average Bonchev–Trinajstić information content (AvgIpc) is 2.79. The first-order chi connectivity index (χ1) is 9.85. The molecule has 0 atom stereocenters. The summed E-state index contributed by atoms with van der Waals surface area (Å²) in [5.74, 6) is -1.25. The smallest absolute Gasteiger partial charge is 0.339 e. The maximum Gasteiger partial charge on any atom is 0.339 e. The van der Waals surface area contributed by atoms with Crippen molar-refractivity contribution in [3.05, 3.63) is 41.5 Å². The summed E-state index contributed by atoms with van der Waals surface area (Å²) in [4.78, 5) is 17.2. The van der Waals surface area contributed by atoms with Gasteiger partial charge < -0.3 is 10.1 Å². The first-order valence-electron chi connectivity index (χ1n) is 5.65. The molecule has 0 spiro atoms. The second-order valence-corrected chi connectivity index (χ2v) is 5.79. The van der Waals surface area contributed by atoms with Crippen LogP contribution in [0.15, 0.2) is 29.4 Å². The largest absolute Gasteiger partial charge is 0.478 e. The van der Waals surface area contributed by atoms with Crippen LogP contribution in [-0.4, -0.2) is 29.5 Å². The molecule has 9 heteroatoms.